The molecular weight excluding hydrogens is 162 g/mol. The summed E-state index contributed by atoms with van der Waals surface area (Å²) in [5.74, 6) is 1.49. The van der Waals surface area contributed by atoms with Crippen molar-refractivity contribution in [2.45, 2.75) is 32.7 Å². The molecule has 0 aromatic carbocycles. The molecule has 74 valence electrons. The number of aliphatic hydroxyl groups is 1. The van der Waals surface area contributed by atoms with Crippen LogP contribution in [0.15, 0.2) is 11.6 Å². The third-order valence-electron chi connectivity index (χ3n) is 4.14. The molecule has 0 amide bonds. The molecule has 0 aliphatic heterocycles. The predicted molar refractivity (Wildman–Crippen MR) is 53.1 cm³/mol. The number of allylic oxidation sites excluding steroid dienone is 1. The van der Waals surface area contributed by atoms with E-state index in [0.717, 1.165) is 12.3 Å². The van der Waals surface area contributed by atoms with Crippen molar-refractivity contribution in [1.82, 2.24) is 0 Å². The van der Waals surface area contributed by atoms with E-state index in [0.29, 0.717) is 11.3 Å². The molecule has 3 unspecified atom stereocenters. The molecule has 0 radical (unpaired) electrons. The van der Waals surface area contributed by atoms with Crippen molar-refractivity contribution < 1.29 is 5.11 Å². The van der Waals surface area contributed by atoms with Gasteiger partial charge in [-0.3, -0.25) is 0 Å². The molecule has 0 saturated heterocycles. The lowest BCUT2D eigenvalue weighted by molar-refractivity contribution is -0.0114. The average molecular weight is 181 g/mol. The van der Waals surface area contributed by atoms with Crippen LogP contribution in [-0.4, -0.2) is 17.8 Å². The first-order chi connectivity index (χ1) is 6.07. The SMILES string of the molecule is CC1(C)C2CC=C(C(N)CO)C1C2. The van der Waals surface area contributed by atoms with Gasteiger partial charge in [-0.25, -0.2) is 0 Å². The first-order valence-corrected chi connectivity index (χ1v) is 5.13. The molecule has 2 nitrogen and oxygen atoms in total. The minimum Gasteiger partial charge on any atom is -0.394 e. The quantitative estimate of drug-likeness (QED) is 0.631. The zero-order chi connectivity index (χ0) is 9.64. The van der Waals surface area contributed by atoms with E-state index in [1.807, 2.05) is 0 Å². The Hall–Kier alpha value is -0.340. The molecule has 0 heterocycles. The van der Waals surface area contributed by atoms with E-state index in [1.165, 1.54) is 12.0 Å². The number of hydrogen-bond donors (Lipinski definition) is 2. The molecule has 3 rings (SSSR count). The lowest BCUT2D eigenvalue weighted by Gasteiger charge is -2.57. The van der Waals surface area contributed by atoms with Crippen molar-refractivity contribution in [3.8, 4) is 0 Å². The van der Waals surface area contributed by atoms with Gasteiger partial charge in [0.2, 0.25) is 0 Å². The fourth-order valence-electron chi connectivity index (χ4n) is 2.92. The fourth-order valence-corrected chi connectivity index (χ4v) is 2.92. The van der Waals surface area contributed by atoms with Gasteiger partial charge in [-0.2, -0.15) is 0 Å². The average Bonchev–Trinajstić information content (AvgIpc) is 2.16. The van der Waals surface area contributed by atoms with E-state index in [4.69, 9.17) is 10.8 Å². The Kier molecular flexibility index (Phi) is 2.00. The van der Waals surface area contributed by atoms with Gasteiger partial charge in [0, 0.05) is 6.04 Å². The molecule has 2 bridgehead atoms. The Morgan fingerprint density at radius 3 is 2.85 bits per heavy atom. The van der Waals surface area contributed by atoms with Gasteiger partial charge in [-0.1, -0.05) is 25.5 Å². The van der Waals surface area contributed by atoms with Gasteiger partial charge in [-0.15, -0.1) is 0 Å². The van der Waals surface area contributed by atoms with Crippen LogP contribution in [0.4, 0.5) is 0 Å². The van der Waals surface area contributed by atoms with Crippen LogP contribution >= 0.6 is 0 Å². The molecule has 1 fully saturated rings. The molecule has 0 aromatic rings. The first kappa shape index (κ1) is 9.22. The molecule has 0 aromatic heterocycles. The fraction of sp³-hybridized carbons (Fsp3) is 0.818. The summed E-state index contributed by atoms with van der Waals surface area (Å²) in [7, 11) is 0. The van der Waals surface area contributed by atoms with Crippen LogP contribution in [0, 0.1) is 17.3 Å². The first-order valence-electron chi connectivity index (χ1n) is 5.13. The summed E-state index contributed by atoms with van der Waals surface area (Å²) in [6.07, 6.45) is 4.70. The van der Waals surface area contributed by atoms with Crippen LogP contribution < -0.4 is 5.73 Å². The minimum atomic E-state index is -0.120. The number of nitrogens with two attached hydrogens (primary N) is 1. The van der Waals surface area contributed by atoms with Crippen molar-refractivity contribution in [1.29, 1.82) is 0 Å². The zero-order valence-electron chi connectivity index (χ0n) is 8.46. The maximum absolute atomic E-state index is 9.03. The summed E-state index contributed by atoms with van der Waals surface area (Å²) in [4.78, 5) is 0. The van der Waals surface area contributed by atoms with Crippen LogP contribution in [0.3, 0.4) is 0 Å². The van der Waals surface area contributed by atoms with Crippen molar-refractivity contribution in [2.24, 2.45) is 23.0 Å². The zero-order valence-corrected chi connectivity index (χ0v) is 8.46. The third-order valence-corrected chi connectivity index (χ3v) is 4.14. The van der Waals surface area contributed by atoms with Crippen LogP contribution in [0.25, 0.3) is 0 Å². The van der Waals surface area contributed by atoms with Gasteiger partial charge < -0.3 is 10.8 Å². The molecular formula is C11H19NO. The number of rotatable bonds is 2. The van der Waals surface area contributed by atoms with Crippen molar-refractivity contribution in [2.75, 3.05) is 6.61 Å². The second-order valence-electron chi connectivity index (χ2n) is 5.04. The summed E-state index contributed by atoms with van der Waals surface area (Å²) in [5.41, 5.74) is 7.59. The molecule has 3 atom stereocenters. The van der Waals surface area contributed by atoms with Crippen molar-refractivity contribution in [3.05, 3.63) is 11.6 Å². The second kappa shape index (κ2) is 2.82. The molecule has 13 heavy (non-hydrogen) atoms. The van der Waals surface area contributed by atoms with Crippen molar-refractivity contribution >= 4 is 0 Å². The standard InChI is InChI=1S/C11H19NO/c1-11(2)7-3-4-8(9(11)5-7)10(12)6-13/h4,7,9-10,13H,3,5-6,12H2,1-2H3. The van der Waals surface area contributed by atoms with Crippen molar-refractivity contribution in [3.63, 3.8) is 0 Å². The highest BCUT2D eigenvalue weighted by Crippen LogP contribution is 2.59. The maximum Gasteiger partial charge on any atom is 0.0621 e. The molecule has 1 saturated carbocycles. The number of fused-ring (bicyclic) bond motifs is 1. The van der Waals surface area contributed by atoms with Crippen LogP contribution in [0.1, 0.15) is 26.7 Å². The van der Waals surface area contributed by atoms with Crippen LogP contribution in [0.5, 0.6) is 0 Å². The van der Waals surface area contributed by atoms with E-state index >= 15 is 0 Å². The second-order valence-corrected chi connectivity index (χ2v) is 5.04. The van der Waals surface area contributed by atoms with E-state index in [2.05, 4.69) is 19.9 Å². The smallest absolute Gasteiger partial charge is 0.0621 e. The summed E-state index contributed by atoms with van der Waals surface area (Å²) in [5, 5.41) is 9.03. The lowest BCUT2D eigenvalue weighted by atomic mass is 9.48. The lowest BCUT2D eigenvalue weighted by Crippen LogP contribution is -2.51. The predicted octanol–water partition coefficient (Wildman–Crippen LogP) is 1.30. The molecule has 2 heteroatoms. The Morgan fingerprint density at radius 1 is 1.69 bits per heavy atom. The van der Waals surface area contributed by atoms with E-state index in [9.17, 15) is 0 Å². The highest BCUT2D eigenvalue weighted by molar-refractivity contribution is 5.27. The van der Waals surface area contributed by atoms with Gasteiger partial charge in [0.05, 0.1) is 6.61 Å². The third kappa shape index (κ3) is 1.16. The number of aliphatic hydroxyl groups excluding tert-OH is 1. The Morgan fingerprint density at radius 2 is 2.38 bits per heavy atom. The summed E-state index contributed by atoms with van der Waals surface area (Å²) >= 11 is 0. The topological polar surface area (TPSA) is 46.2 Å². The molecule has 3 N–H and O–H groups in total. The van der Waals surface area contributed by atoms with Crippen LogP contribution in [-0.2, 0) is 0 Å². The highest BCUT2D eigenvalue weighted by atomic mass is 16.3. The number of hydrogen-bond acceptors (Lipinski definition) is 2. The van der Waals surface area contributed by atoms with Gasteiger partial charge in [0.1, 0.15) is 0 Å². The Bertz CT molecular complexity index is 244. The highest BCUT2D eigenvalue weighted by Gasteiger charge is 2.51. The summed E-state index contributed by atoms with van der Waals surface area (Å²) < 4.78 is 0. The molecule has 0 spiro atoms. The van der Waals surface area contributed by atoms with Crippen LogP contribution in [0.2, 0.25) is 0 Å². The van der Waals surface area contributed by atoms with Gasteiger partial charge in [0.15, 0.2) is 0 Å². The van der Waals surface area contributed by atoms with E-state index in [1.54, 1.807) is 0 Å². The monoisotopic (exact) mass is 181 g/mol. The molecule has 3 aliphatic carbocycles. The minimum absolute atomic E-state index is 0.0864. The Balaban J connectivity index is 2.18. The largest absolute Gasteiger partial charge is 0.394 e. The summed E-state index contributed by atoms with van der Waals surface area (Å²) in [6.45, 7) is 4.73. The van der Waals surface area contributed by atoms with Gasteiger partial charge in [-0.05, 0) is 30.1 Å². The maximum atomic E-state index is 9.03. The van der Waals surface area contributed by atoms with Gasteiger partial charge in [0.25, 0.3) is 0 Å². The normalized spacial score (nSPS) is 37.7. The van der Waals surface area contributed by atoms with Gasteiger partial charge >= 0.3 is 0 Å². The van der Waals surface area contributed by atoms with E-state index in [-0.39, 0.29) is 12.6 Å². The molecule has 3 aliphatic rings. The van der Waals surface area contributed by atoms with E-state index < -0.39 is 0 Å². The summed E-state index contributed by atoms with van der Waals surface area (Å²) in [6, 6.07) is -0.120. The Labute approximate surface area is 79.8 Å².